The van der Waals surface area contributed by atoms with Gasteiger partial charge in [0.15, 0.2) is 0 Å². The Balaban J connectivity index is 2.26. The number of halogens is 2. The van der Waals surface area contributed by atoms with Gasteiger partial charge in [-0.15, -0.1) is 0 Å². The van der Waals surface area contributed by atoms with Crippen molar-refractivity contribution in [2.75, 3.05) is 22.5 Å². The zero-order chi connectivity index (χ0) is 21.8. The average molecular weight is 443 g/mol. The fourth-order valence-corrected chi connectivity index (χ4v) is 4.06. The fraction of sp³-hybridized carbons (Fsp3) is 0.263. The van der Waals surface area contributed by atoms with Crippen molar-refractivity contribution >= 4 is 44.9 Å². The normalized spacial score (nSPS) is 12.2. The van der Waals surface area contributed by atoms with Crippen LogP contribution in [0.3, 0.4) is 0 Å². The Morgan fingerprint density at radius 1 is 1.24 bits per heavy atom. The third kappa shape index (κ3) is 5.68. The Morgan fingerprint density at radius 3 is 2.48 bits per heavy atom. The lowest BCUT2D eigenvalue weighted by molar-refractivity contribution is -0.116. The van der Waals surface area contributed by atoms with Crippen molar-refractivity contribution in [3.8, 4) is 0 Å². The zero-order valence-corrected chi connectivity index (χ0v) is 17.6. The van der Waals surface area contributed by atoms with Crippen LogP contribution in [-0.4, -0.2) is 39.2 Å². The molecule has 29 heavy (non-hydrogen) atoms. The van der Waals surface area contributed by atoms with Crippen LogP contribution in [0.25, 0.3) is 0 Å². The average Bonchev–Trinajstić information content (AvgIpc) is 2.60. The summed E-state index contributed by atoms with van der Waals surface area (Å²) in [6.07, 6.45) is 0.923. The van der Waals surface area contributed by atoms with Crippen molar-refractivity contribution in [3.63, 3.8) is 0 Å². The van der Waals surface area contributed by atoms with Gasteiger partial charge >= 0.3 is 5.97 Å². The molecule has 0 unspecified atom stereocenters. The lowest BCUT2D eigenvalue weighted by Gasteiger charge is -2.28. The molecule has 0 aromatic heterocycles. The monoisotopic (exact) mass is 442 g/mol. The maximum atomic E-state index is 13.6. The standard InChI is InChI=1S/C19H20ClFN2O5S/c1-4-28-19(25)16-9-8-14(11-17(16)20)22-18(24)12(2)23(29(3,26)27)15-7-5-6-13(21)10-15/h5-12H,4H2,1-3H3,(H,22,24)/t12-/m0/s1. The van der Waals surface area contributed by atoms with E-state index in [9.17, 15) is 22.4 Å². The van der Waals surface area contributed by atoms with E-state index in [1.807, 2.05) is 0 Å². The van der Waals surface area contributed by atoms with Gasteiger partial charge < -0.3 is 10.1 Å². The van der Waals surface area contributed by atoms with Crippen molar-refractivity contribution in [2.24, 2.45) is 0 Å². The number of carbonyl (C=O) groups excluding carboxylic acids is 2. The predicted octanol–water partition coefficient (Wildman–Crippen LogP) is 3.45. The largest absolute Gasteiger partial charge is 0.462 e. The van der Waals surface area contributed by atoms with Crippen LogP contribution in [0.2, 0.25) is 5.02 Å². The van der Waals surface area contributed by atoms with E-state index in [4.69, 9.17) is 16.3 Å². The first-order valence-electron chi connectivity index (χ1n) is 8.57. The summed E-state index contributed by atoms with van der Waals surface area (Å²) in [6.45, 7) is 3.22. The van der Waals surface area contributed by atoms with Gasteiger partial charge in [-0.05, 0) is 50.2 Å². The van der Waals surface area contributed by atoms with Crippen LogP contribution >= 0.6 is 11.6 Å². The third-order valence-electron chi connectivity index (χ3n) is 3.88. The molecular weight excluding hydrogens is 423 g/mol. The number of benzene rings is 2. The van der Waals surface area contributed by atoms with E-state index in [2.05, 4.69) is 5.32 Å². The summed E-state index contributed by atoms with van der Waals surface area (Å²) in [7, 11) is -3.89. The first kappa shape index (κ1) is 22.6. The maximum absolute atomic E-state index is 13.6. The molecule has 156 valence electrons. The smallest absolute Gasteiger partial charge is 0.339 e. The molecule has 1 atom stereocenters. The zero-order valence-electron chi connectivity index (χ0n) is 16.0. The summed E-state index contributed by atoms with van der Waals surface area (Å²) >= 11 is 6.07. The van der Waals surface area contributed by atoms with Crippen molar-refractivity contribution in [2.45, 2.75) is 19.9 Å². The number of hydrogen-bond donors (Lipinski definition) is 1. The molecule has 10 heteroatoms. The molecule has 1 N–H and O–H groups in total. The van der Waals surface area contributed by atoms with E-state index in [1.54, 1.807) is 6.92 Å². The molecule has 2 aromatic rings. The summed E-state index contributed by atoms with van der Waals surface area (Å²) < 4.78 is 43.7. The summed E-state index contributed by atoms with van der Waals surface area (Å²) in [5, 5.41) is 2.61. The predicted molar refractivity (Wildman–Crippen MR) is 109 cm³/mol. The molecule has 7 nitrogen and oxygen atoms in total. The highest BCUT2D eigenvalue weighted by Gasteiger charge is 2.29. The lowest BCUT2D eigenvalue weighted by atomic mass is 10.2. The van der Waals surface area contributed by atoms with Gasteiger partial charge in [-0.3, -0.25) is 9.10 Å². The number of nitrogens with zero attached hydrogens (tertiary/aromatic N) is 1. The van der Waals surface area contributed by atoms with Crippen molar-refractivity contribution in [3.05, 3.63) is 58.9 Å². The molecule has 0 bridgehead atoms. The number of hydrogen-bond acceptors (Lipinski definition) is 5. The molecule has 0 aliphatic heterocycles. The second-order valence-corrected chi connectivity index (χ2v) is 8.39. The summed E-state index contributed by atoms with van der Waals surface area (Å²) in [6, 6.07) is 7.93. The number of esters is 1. The molecule has 0 saturated heterocycles. The summed E-state index contributed by atoms with van der Waals surface area (Å²) in [5.41, 5.74) is 0.413. The van der Waals surface area contributed by atoms with E-state index in [0.717, 1.165) is 16.6 Å². The molecule has 0 saturated carbocycles. The van der Waals surface area contributed by atoms with E-state index in [-0.39, 0.29) is 28.6 Å². The highest BCUT2D eigenvalue weighted by molar-refractivity contribution is 7.92. The Kier molecular flexibility index (Phi) is 7.21. The first-order valence-corrected chi connectivity index (χ1v) is 10.8. The minimum absolute atomic E-state index is 0.0193. The van der Waals surface area contributed by atoms with Crippen molar-refractivity contribution in [1.29, 1.82) is 0 Å². The number of nitrogens with one attached hydrogen (secondary N) is 1. The molecule has 2 aromatic carbocycles. The quantitative estimate of drug-likeness (QED) is 0.663. The van der Waals surface area contributed by atoms with Crippen LogP contribution < -0.4 is 9.62 Å². The van der Waals surface area contributed by atoms with Gasteiger partial charge in [0.2, 0.25) is 15.9 Å². The van der Waals surface area contributed by atoms with Gasteiger partial charge in [0, 0.05) is 5.69 Å². The second-order valence-electron chi connectivity index (χ2n) is 6.12. The Labute approximate surface area is 173 Å². The van der Waals surface area contributed by atoms with Crippen molar-refractivity contribution < 1.29 is 27.1 Å². The van der Waals surface area contributed by atoms with Gasteiger partial charge in [-0.25, -0.2) is 17.6 Å². The topological polar surface area (TPSA) is 92.8 Å². The number of sulfonamides is 1. The highest BCUT2D eigenvalue weighted by Crippen LogP contribution is 2.24. The minimum Gasteiger partial charge on any atom is -0.462 e. The lowest BCUT2D eigenvalue weighted by Crippen LogP contribution is -2.45. The third-order valence-corrected chi connectivity index (χ3v) is 5.44. The molecule has 0 heterocycles. The number of ether oxygens (including phenoxy) is 1. The number of carbonyl (C=O) groups is 2. The van der Waals surface area contributed by atoms with E-state index >= 15 is 0 Å². The van der Waals surface area contributed by atoms with Gasteiger partial charge in [-0.1, -0.05) is 17.7 Å². The molecule has 0 aliphatic rings. The summed E-state index contributed by atoms with van der Waals surface area (Å²) in [5.74, 6) is -1.90. The Morgan fingerprint density at radius 2 is 1.93 bits per heavy atom. The molecule has 1 amide bonds. The van der Waals surface area contributed by atoms with Crippen LogP contribution in [-0.2, 0) is 19.6 Å². The fourth-order valence-electron chi connectivity index (χ4n) is 2.64. The number of anilines is 2. The molecule has 0 spiro atoms. The minimum atomic E-state index is -3.89. The van der Waals surface area contributed by atoms with Crippen LogP contribution in [0, 0.1) is 5.82 Å². The van der Waals surface area contributed by atoms with E-state index < -0.39 is 33.8 Å². The molecule has 2 rings (SSSR count). The first-order chi connectivity index (χ1) is 13.5. The van der Waals surface area contributed by atoms with Gasteiger partial charge in [0.25, 0.3) is 0 Å². The van der Waals surface area contributed by atoms with E-state index in [0.29, 0.717) is 0 Å². The Hall–Kier alpha value is -2.65. The van der Waals surface area contributed by atoms with E-state index in [1.165, 1.54) is 43.3 Å². The van der Waals surface area contributed by atoms with Crippen LogP contribution in [0.5, 0.6) is 0 Å². The van der Waals surface area contributed by atoms with Crippen molar-refractivity contribution in [1.82, 2.24) is 0 Å². The maximum Gasteiger partial charge on any atom is 0.339 e. The second kappa shape index (κ2) is 9.23. The highest BCUT2D eigenvalue weighted by atomic mass is 35.5. The van der Waals surface area contributed by atoms with Gasteiger partial charge in [0.05, 0.1) is 29.1 Å². The Bertz CT molecular complexity index is 1030. The van der Waals surface area contributed by atoms with Gasteiger partial charge in [0.1, 0.15) is 11.9 Å². The van der Waals surface area contributed by atoms with Crippen LogP contribution in [0.1, 0.15) is 24.2 Å². The van der Waals surface area contributed by atoms with Gasteiger partial charge in [-0.2, -0.15) is 0 Å². The molecule has 0 radical (unpaired) electrons. The SMILES string of the molecule is CCOC(=O)c1ccc(NC(=O)[C@H](C)N(c2cccc(F)c2)S(C)(=O)=O)cc1Cl. The van der Waals surface area contributed by atoms with Crippen LogP contribution in [0.4, 0.5) is 15.8 Å². The number of rotatable bonds is 7. The number of amides is 1. The molecule has 0 aliphatic carbocycles. The van der Waals surface area contributed by atoms with Crippen LogP contribution in [0.15, 0.2) is 42.5 Å². The summed E-state index contributed by atoms with van der Waals surface area (Å²) in [4.78, 5) is 24.4. The molecule has 0 fully saturated rings. The molecular formula is C19H20ClFN2O5S.